The number of benzene rings is 2. The number of halogens is 3. The van der Waals surface area contributed by atoms with Gasteiger partial charge in [-0.25, -0.2) is 13.2 Å². The molecule has 0 atom stereocenters. The van der Waals surface area contributed by atoms with Crippen molar-refractivity contribution < 1.29 is 27.6 Å². The van der Waals surface area contributed by atoms with E-state index in [1.165, 1.54) is 18.2 Å². The number of nitrogens with two attached hydrogens (primary N) is 1. The molecule has 2 aromatic carbocycles. The van der Waals surface area contributed by atoms with Gasteiger partial charge in [0.25, 0.3) is 11.8 Å². The van der Waals surface area contributed by atoms with Crippen LogP contribution in [0.1, 0.15) is 66.7 Å². The van der Waals surface area contributed by atoms with Crippen LogP contribution in [-0.4, -0.2) is 23.1 Å². The minimum absolute atomic E-state index is 0.0310. The van der Waals surface area contributed by atoms with Crippen molar-refractivity contribution in [3.63, 3.8) is 0 Å². The van der Waals surface area contributed by atoms with Crippen LogP contribution in [0.2, 0.25) is 0 Å². The molecule has 0 saturated heterocycles. The number of hydrogen-bond acceptors (Lipinski definition) is 5. The lowest BCUT2D eigenvalue weighted by Gasteiger charge is -2.18. The van der Waals surface area contributed by atoms with Crippen molar-refractivity contribution in [2.75, 3.05) is 0 Å². The average Bonchev–Trinajstić information content (AvgIpc) is 3.42. The number of carbonyl (C=O) groups is 3. The molecule has 0 fully saturated rings. The number of nitrogens with one attached hydrogen (secondary N) is 1. The number of aryl methyl sites for hydroxylation is 2. The maximum atomic E-state index is 13.5. The second-order valence-electron chi connectivity index (χ2n) is 9.97. The second-order valence-corrected chi connectivity index (χ2v) is 11.1. The van der Waals surface area contributed by atoms with Crippen LogP contribution in [0.4, 0.5) is 13.2 Å². The Morgan fingerprint density at radius 3 is 2.29 bits per heavy atom. The van der Waals surface area contributed by atoms with Gasteiger partial charge >= 0.3 is 0 Å². The van der Waals surface area contributed by atoms with Crippen LogP contribution < -0.4 is 11.1 Å². The number of aldehydes is 1. The molecule has 3 N–H and O–H groups in total. The van der Waals surface area contributed by atoms with E-state index in [9.17, 15) is 27.6 Å². The number of primary amides is 1. The zero-order valence-corrected chi connectivity index (χ0v) is 23.3. The largest absolute Gasteiger partial charge is 0.366 e. The highest BCUT2D eigenvalue weighted by Gasteiger charge is 2.26. The van der Waals surface area contributed by atoms with Crippen molar-refractivity contribution in [3.8, 4) is 10.4 Å². The summed E-state index contributed by atoms with van der Waals surface area (Å²) in [6.07, 6.45) is 1.90. The number of pyridine rings is 1. The van der Waals surface area contributed by atoms with E-state index in [1.54, 1.807) is 24.3 Å². The molecule has 0 saturated carbocycles. The van der Waals surface area contributed by atoms with Crippen LogP contribution in [0.5, 0.6) is 0 Å². The number of nitrogens with zero attached hydrogens (tertiary/aromatic N) is 1. The zero-order valence-electron chi connectivity index (χ0n) is 22.5. The molecule has 0 aliphatic carbocycles. The van der Waals surface area contributed by atoms with Crippen molar-refractivity contribution in [3.05, 3.63) is 111 Å². The highest BCUT2D eigenvalue weighted by atomic mass is 32.1. The summed E-state index contributed by atoms with van der Waals surface area (Å²) in [4.78, 5) is 43.6. The zero-order chi connectivity index (χ0) is 29.7. The smallest absolute Gasteiger partial charge is 0.261 e. The van der Waals surface area contributed by atoms with Gasteiger partial charge in [0.15, 0.2) is 17.9 Å². The van der Waals surface area contributed by atoms with Crippen LogP contribution in [0.15, 0.2) is 54.6 Å². The average molecular weight is 580 g/mol. The summed E-state index contributed by atoms with van der Waals surface area (Å²) in [5.41, 5.74) is 8.63. The number of amides is 2. The van der Waals surface area contributed by atoms with Crippen molar-refractivity contribution in [2.45, 2.75) is 39.7 Å². The summed E-state index contributed by atoms with van der Waals surface area (Å²) in [5.74, 6) is -3.43. The molecule has 0 aliphatic heterocycles. The Morgan fingerprint density at radius 2 is 1.66 bits per heavy atom. The van der Waals surface area contributed by atoms with E-state index >= 15 is 0 Å². The Balaban J connectivity index is 1.71. The molecule has 2 aromatic heterocycles. The third-order valence-corrected chi connectivity index (χ3v) is 7.53. The Morgan fingerprint density at radius 1 is 0.951 bits per heavy atom. The lowest BCUT2D eigenvalue weighted by molar-refractivity contribution is 0.0953. The minimum atomic E-state index is -1.01. The summed E-state index contributed by atoms with van der Waals surface area (Å²) in [6.45, 7) is 3.91. The van der Waals surface area contributed by atoms with Crippen molar-refractivity contribution in [1.29, 1.82) is 0 Å². The van der Waals surface area contributed by atoms with Gasteiger partial charge in [-0.2, -0.15) is 0 Å². The van der Waals surface area contributed by atoms with Gasteiger partial charge in [-0.05, 0) is 72.7 Å². The number of rotatable bonds is 11. The summed E-state index contributed by atoms with van der Waals surface area (Å²) < 4.78 is 40.1. The van der Waals surface area contributed by atoms with Gasteiger partial charge in [0.2, 0.25) is 0 Å². The molecule has 0 radical (unpaired) electrons. The van der Waals surface area contributed by atoms with Crippen LogP contribution in [0.3, 0.4) is 0 Å². The lowest BCUT2D eigenvalue weighted by atomic mass is 9.92. The molecule has 0 aliphatic rings. The summed E-state index contributed by atoms with van der Waals surface area (Å²) in [7, 11) is 0. The number of carbonyl (C=O) groups excluding carboxylic acids is 3. The molecule has 10 heteroatoms. The maximum absolute atomic E-state index is 13.5. The standard InChI is InChI=1S/C31H28F3N3O3S/c1-17(2)13-25-29(30(35)39)28(21(16-38)24(37-25)10-6-18-3-7-20(32)8-4-18)26-11-12-27(41-26)31(40)36-15-19-5-9-22(33)23(34)14-19/h3-5,7-9,11-12,14,16-17H,6,10,13,15H2,1-2H3,(H2,35,39)(H,36,40). The highest BCUT2D eigenvalue weighted by molar-refractivity contribution is 7.17. The summed E-state index contributed by atoms with van der Waals surface area (Å²) >= 11 is 1.07. The van der Waals surface area contributed by atoms with Crippen molar-refractivity contribution in [1.82, 2.24) is 10.3 Å². The topological polar surface area (TPSA) is 102 Å². The van der Waals surface area contributed by atoms with E-state index in [0.717, 1.165) is 29.0 Å². The van der Waals surface area contributed by atoms with Gasteiger partial charge in [-0.1, -0.05) is 32.0 Å². The molecule has 4 rings (SSSR count). The number of thiophene rings is 1. The van der Waals surface area contributed by atoms with E-state index in [-0.39, 0.29) is 34.3 Å². The van der Waals surface area contributed by atoms with Crippen molar-refractivity contribution in [2.24, 2.45) is 11.7 Å². The van der Waals surface area contributed by atoms with E-state index < -0.39 is 23.4 Å². The first kappa shape index (κ1) is 29.7. The van der Waals surface area contributed by atoms with E-state index in [0.29, 0.717) is 52.9 Å². The van der Waals surface area contributed by atoms with Crippen LogP contribution in [0.25, 0.3) is 10.4 Å². The van der Waals surface area contributed by atoms with E-state index in [4.69, 9.17) is 10.7 Å². The first-order valence-corrected chi connectivity index (χ1v) is 13.8. The maximum Gasteiger partial charge on any atom is 0.261 e. The quantitative estimate of drug-likeness (QED) is 0.211. The molecule has 2 heterocycles. The van der Waals surface area contributed by atoms with Crippen LogP contribution >= 0.6 is 11.3 Å². The number of hydrogen-bond donors (Lipinski definition) is 2. The highest BCUT2D eigenvalue weighted by Crippen LogP contribution is 2.36. The Bertz CT molecular complexity index is 1600. The third-order valence-electron chi connectivity index (χ3n) is 6.43. The molecule has 0 unspecified atom stereocenters. The van der Waals surface area contributed by atoms with Gasteiger partial charge in [0, 0.05) is 22.5 Å². The third kappa shape index (κ3) is 7.07. The fraction of sp³-hybridized carbons (Fsp3) is 0.226. The first-order chi connectivity index (χ1) is 19.6. The Kier molecular flexibility index (Phi) is 9.34. The Labute approximate surface area is 239 Å². The monoisotopic (exact) mass is 579 g/mol. The van der Waals surface area contributed by atoms with Gasteiger partial charge in [-0.3, -0.25) is 19.4 Å². The fourth-order valence-electron chi connectivity index (χ4n) is 4.50. The molecule has 6 nitrogen and oxygen atoms in total. The molecule has 212 valence electrons. The first-order valence-electron chi connectivity index (χ1n) is 12.9. The predicted molar refractivity (Wildman–Crippen MR) is 151 cm³/mol. The molecule has 0 bridgehead atoms. The van der Waals surface area contributed by atoms with Gasteiger partial charge in [0.1, 0.15) is 5.82 Å². The minimum Gasteiger partial charge on any atom is -0.366 e. The fourth-order valence-corrected chi connectivity index (χ4v) is 5.49. The van der Waals surface area contributed by atoms with E-state index in [2.05, 4.69) is 5.32 Å². The normalized spacial score (nSPS) is 11.1. The Hall–Kier alpha value is -4.31. The molecule has 4 aromatic rings. The van der Waals surface area contributed by atoms with Gasteiger partial charge in [0.05, 0.1) is 21.8 Å². The van der Waals surface area contributed by atoms with Crippen LogP contribution in [-0.2, 0) is 25.8 Å². The van der Waals surface area contributed by atoms with Gasteiger partial charge in [-0.15, -0.1) is 11.3 Å². The molecule has 41 heavy (non-hydrogen) atoms. The second kappa shape index (κ2) is 12.9. The molecular formula is C31H28F3N3O3S. The molecule has 0 spiro atoms. The molecular weight excluding hydrogens is 551 g/mol. The lowest BCUT2D eigenvalue weighted by Crippen LogP contribution is -2.22. The van der Waals surface area contributed by atoms with Crippen molar-refractivity contribution >= 4 is 29.4 Å². The summed E-state index contributed by atoms with van der Waals surface area (Å²) in [6, 6.07) is 12.6. The number of aromatic nitrogens is 1. The van der Waals surface area contributed by atoms with Crippen LogP contribution in [0, 0.1) is 23.4 Å². The predicted octanol–water partition coefficient (Wildman–Crippen LogP) is 6.05. The molecule has 2 amide bonds. The van der Waals surface area contributed by atoms with Gasteiger partial charge < -0.3 is 11.1 Å². The summed E-state index contributed by atoms with van der Waals surface area (Å²) in [5, 5.41) is 2.67. The SMILES string of the molecule is CC(C)Cc1nc(CCc2ccc(F)cc2)c(C=O)c(-c2ccc(C(=O)NCc3ccc(F)c(F)c3)s2)c1C(N)=O. The van der Waals surface area contributed by atoms with E-state index in [1.807, 2.05) is 13.8 Å².